The van der Waals surface area contributed by atoms with Gasteiger partial charge in [0.2, 0.25) is 0 Å². The van der Waals surface area contributed by atoms with Crippen LogP contribution in [-0.4, -0.2) is 21.4 Å². The van der Waals surface area contributed by atoms with E-state index in [1.165, 1.54) is 21.4 Å². The quantitative estimate of drug-likeness (QED) is 0.248. The van der Waals surface area contributed by atoms with Gasteiger partial charge in [-0.05, 0) is 36.4 Å². The number of aromatic nitrogens is 2. The molecular weight excluding hydrogens is 456 g/mol. The number of carbonyl (C=O) groups is 2. The van der Waals surface area contributed by atoms with Crippen LogP contribution >= 0.6 is 11.3 Å². The first-order chi connectivity index (χ1) is 17.1. The van der Waals surface area contributed by atoms with Crippen molar-refractivity contribution in [2.75, 3.05) is 10.0 Å². The molecule has 170 valence electrons. The summed E-state index contributed by atoms with van der Waals surface area (Å²) in [6.45, 7) is 0. The molecule has 2 aromatic heterocycles. The SMILES string of the molecule is Cn1c(-c2ccccc2)nc2sc(C=C3C(=O)N(c4ccccc4)N(c4ccccc4)C3=O)cc21. The first-order valence-electron chi connectivity index (χ1n) is 11.1. The van der Waals surface area contributed by atoms with Gasteiger partial charge >= 0.3 is 0 Å². The molecule has 0 bridgehead atoms. The average molecular weight is 477 g/mol. The maximum absolute atomic E-state index is 13.5. The van der Waals surface area contributed by atoms with Gasteiger partial charge in [-0.2, -0.15) is 0 Å². The van der Waals surface area contributed by atoms with Gasteiger partial charge in [-0.3, -0.25) is 9.59 Å². The van der Waals surface area contributed by atoms with E-state index in [-0.39, 0.29) is 17.4 Å². The van der Waals surface area contributed by atoms with E-state index >= 15 is 0 Å². The third-order valence-corrected chi connectivity index (χ3v) is 6.93. The van der Waals surface area contributed by atoms with E-state index in [1.54, 1.807) is 6.08 Å². The third kappa shape index (κ3) is 3.53. The van der Waals surface area contributed by atoms with E-state index in [9.17, 15) is 9.59 Å². The monoisotopic (exact) mass is 476 g/mol. The van der Waals surface area contributed by atoms with Crippen LogP contribution < -0.4 is 10.0 Å². The number of para-hydroxylation sites is 2. The minimum Gasteiger partial charge on any atom is -0.326 e. The predicted octanol–water partition coefficient (Wildman–Crippen LogP) is 5.68. The number of nitrogens with zero attached hydrogens (tertiary/aromatic N) is 4. The van der Waals surface area contributed by atoms with Gasteiger partial charge in [0.15, 0.2) is 0 Å². The Morgan fingerprint density at radius 3 is 1.77 bits per heavy atom. The van der Waals surface area contributed by atoms with E-state index in [2.05, 4.69) is 0 Å². The number of hydrazine groups is 1. The zero-order valence-electron chi connectivity index (χ0n) is 18.8. The summed E-state index contributed by atoms with van der Waals surface area (Å²) in [6.07, 6.45) is 1.68. The molecule has 1 aliphatic rings. The fraction of sp³-hybridized carbons (Fsp3) is 0.0357. The van der Waals surface area contributed by atoms with Crippen molar-refractivity contribution in [1.29, 1.82) is 0 Å². The number of thiophene rings is 1. The molecule has 35 heavy (non-hydrogen) atoms. The van der Waals surface area contributed by atoms with Crippen LogP contribution in [0.25, 0.3) is 27.8 Å². The molecule has 1 saturated heterocycles. The highest BCUT2D eigenvalue weighted by atomic mass is 32.1. The summed E-state index contributed by atoms with van der Waals surface area (Å²) < 4.78 is 2.04. The Bertz CT molecular complexity index is 1530. The summed E-state index contributed by atoms with van der Waals surface area (Å²) in [4.78, 5) is 33.5. The lowest BCUT2D eigenvalue weighted by Gasteiger charge is -2.27. The van der Waals surface area contributed by atoms with E-state index in [0.29, 0.717) is 11.4 Å². The van der Waals surface area contributed by atoms with Crippen molar-refractivity contribution in [2.24, 2.45) is 7.05 Å². The van der Waals surface area contributed by atoms with E-state index in [0.717, 1.165) is 26.6 Å². The maximum Gasteiger partial charge on any atom is 0.283 e. The van der Waals surface area contributed by atoms with Crippen molar-refractivity contribution in [3.8, 4) is 11.4 Å². The molecule has 5 aromatic rings. The molecular formula is C28H20N4O2S. The first kappa shape index (κ1) is 21.1. The Morgan fingerprint density at radius 1 is 0.743 bits per heavy atom. The summed E-state index contributed by atoms with van der Waals surface area (Å²) >= 11 is 1.46. The van der Waals surface area contributed by atoms with Crippen LogP contribution in [-0.2, 0) is 16.6 Å². The van der Waals surface area contributed by atoms with E-state index in [4.69, 9.17) is 4.98 Å². The molecule has 6 nitrogen and oxygen atoms in total. The third-order valence-electron chi connectivity index (χ3n) is 5.96. The van der Waals surface area contributed by atoms with Gasteiger partial charge in [0, 0.05) is 17.5 Å². The Kier molecular flexibility index (Phi) is 5.04. The van der Waals surface area contributed by atoms with Gasteiger partial charge in [0.25, 0.3) is 11.8 Å². The second kappa shape index (κ2) is 8.38. The van der Waals surface area contributed by atoms with Gasteiger partial charge in [-0.15, -0.1) is 11.3 Å². The summed E-state index contributed by atoms with van der Waals surface area (Å²) in [5.74, 6) is 0.158. The highest BCUT2D eigenvalue weighted by molar-refractivity contribution is 7.19. The van der Waals surface area contributed by atoms with E-state index in [1.807, 2.05) is 109 Å². The maximum atomic E-state index is 13.5. The van der Waals surface area contributed by atoms with Crippen LogP contribution in [0.15, 0.2) is 103 Å². The largest absolute Gasteiger partial charge is 0.326 e. The van der Waals surface area contributed by atoms with Crippen LogP contribution in [0, 0.1) is 0 Å². The number of rotatable bonds is 4. The van der Waals surface area contributed by atoms with Crippen LogP contribution in [0.5, 0.6) is 0 Å². The lowest BCUT2D eigenvalue weighted by Crippen LogP contribution is -2.41. The van der Waals surface area contributed by atoms with Gasteiger partial charge in [-0.25, -0.2) is 15.0 Å². The summed E-state index contributed by atoms with van der Waals surface area (Å²) in [5.41, 5.74) is 3.37. The number of hydrogen-bond donors (Lipinski definition) is 0. The lowest BCUT2D eigenvalue weighted by molar-refractivity contribution is -0.116. The molecule has 1 fully saturated rings. The second-order valence-corrected chi connectivity index (χ2v) is 9.22. The normalized spacial score (nSPS) is 13.8. The smallest absolute Gasteiger partial charge is 0.283 e. The minimum atomic E-state index is -0.361. The molecule has 3 aromatic carbocycles. The average Bonchev–Trinajstić information content (AvgIpc) is 3.52. The van der Waals surface area contributed by atoms with Crippen molar-refractivity contribution in [3.63, 3.8) is 0 Å². The number of aryl methyl sites for hydroxylation is 1. The molecule has 2 amide bonds. The molecule has 6 rings (SSSR count). The molecule has 7 heteroatoms. The first-order valence-corrected chi connectivity index (χ1v) is 12.0. The topological polar surface area (TPSA) is 58.4 Å². The fourth-order valence-corrected chi connectivity index (χ4v) is 5.29. The summed E-state index contributed by atoms with van der Waals surface area (Å²) in [7, 11) is 1.97. The molecule has 0 aliphatic carbocycles. The number of carbonyl (C=O) groups excluding carboxylic acids is 2. The van der Waals surface area contributed by atoms with Gasteiger partial charge < -0.3 is 4.57 Å². The molecule has 3 heterocycles. The zero-order valence-corrected chi connectivity index (χ0v) is 19.6. The molecule has 0 spiro atoms. The van der Waals surface area contributed by atoms with E-state index < -0.39 is 0 Å². The Balaban J connectivity index is 1.42. The van der Waals surface area contributed by atoms with Crippen molar-refractivity contribution in [3.05, 3.63) is 108 Å². The van der Waals surface area contributed by atoms with Crippen LogP contribution in [0.4, 0.5) is 11.4 Å². The van der Waals surface area contributed by atoms with Gasteiger partial charge in [0.05, 0.1) is 16.9 Å². The van der Waals surface area contributed by atoms with Crippen molar-refractivity contribution >= 4 is 50.9 Å². The van der Waals surface area contributed by atoms with Crippen molar-refractivity contribution < 1.29 is 9.59 Å². The molecule has 0 radical (unpaired) electrons. The van der Waals surface area contributed by atoms with Crippen LogP contribution in [0.3, 0.4) is 0 Å². The standard InChI is InChI=1S/C28H20N4O2S/c1-30-24-18-22(35-26(24)29-25(30)19-11-5-2-6-12-19)17-23-27(33)31(20-13-7-3-8-14-20)32(28(23)34)21-15-9-4-10-16-21/h2-18H,1H3. The highest BCUT2D eigenvalue weighted by Crippen LogP contribution is 2.35. The van der Waals surface area contributed by atoms with Gasteiger partial charge in [-0.1, -0.05) is 66.7 Å². The minimum absolute atomic E-state index is 0.118. The van der Waals surface area contributed by atoms with Crippen LogP contribution in [0.1, 0.15) is 4.88 Å². The van der Waals surface area contributed by atoms with Crippen molar-refractivity contribution in [2.45, 2.75) is 0 Å². The summed E-state index contributed by atoms with van der Waals surface area (Å²) in [5, 5.41) is 2.87. The lowest BCUT2D eigenvalue weighted by atomic mass is 10.2. The number of amides is 2. The molecule has 0 saturated carbocycles. The number of benzene rings is 3. The summed E-state index contributed by atoms with van der Waals surface area (Å²) in [6, 6.07) is 30.4. The highest BCUT2D eigenvalue weighted by Gasteiger charge is 2.42. The van der Waals surface area contributed by atoms with Crippen LogP contribution in [0.2, 0.25) is 0 Å². The molecule has 0 N–H and O–H groups in total. The Morgan fingerprint density at radius 2 is 1.26 bits per heavy atom. The predicted molar refractivity (Wildman–Crippen MR) is 140 cm³/mol. The van der Waals surface area contributed by atoms with Crippen molar-refractivity contribution in [1.82, 2.24) is 9.55 Å². The van der Waals surface area contributed by atoms with Gasteiger partial charge in [0.1, 0.15) is 16.2 Å². The number of hydrogen-bond acceptors (Lipinski definition) is 4. The Labute approximate surface area is 206 Å². The molecule has 0 atom stereocenters. The molecule has 0 unspecified atom stereocenters. The number of anilines is 2. The fourth-order valence-electron chi connectivity index (χ4n) is 4.28. The number of fused-ring (bicyclic) bond motifs is 1. The number of imidazole rings is 1. The Hall–Kier alpha value is -4.49. The molecule has 1 aliphatic heterocycles. The second-order valence-electron chi connectivity index (χ2n) is 8.16. The zero-order chi connectivity index (χ0) is 23.9.